The van der Waals surface area contributed by atoms with Gasteiger partial charge in [-0.05, 0) is 57.4 Å². The molecule has 1 aliphatic heterocycles. The molecule has 3 N–H and O–H groups in total. The number of nitrogens with one attached hydrogen (secondary N) is 2. The summed E-state index contributed by atoms with van der Waals surface area (Å²) in [5.74, 6) is -2.84. The summed E-state index contributed by atoms with van der Waals surface area (Å²) in [5.41, 5.74) is 1.12. The highest BCUT2D eigenvalue weighted by Gasteiger charge is 2.33. The van der Waals surface area contributed by atoms with Gasteiger partial charge in [-0.3, -0.25) is 9.59 Å². The van der Waals surface area contributed by atoms with E-state index in [9.17, 15) is 22.8 Å². The second-order valence-corrected chi connectivity index (χ2v) is 12.5. The van der Waals surface area contributed by atoms with E-state index in [0.29, 0.717) is 53.7 Å². The van der Waals surface area contributed by atoms with Gasteiger partial charge in [0.1, 0.15) is 4.90 Å². The number of hydrogen-bond donors (Lipinski definition) is 3. The number of sulfonamides is 1. The largest absolute Gasteiger partial charge is 0.480 e. The molecule has 3 heterocycles. The number of ether oxygens (including phenoxy) is 2. The molecule has 0 atom stereocenters. The number of carbonyl (C=O) groups excluding carboxylic acids is 2. The number of pyridine rings is 1. The number of hydrogen-bond acceptors (Lipinski definition) is 10. The first-order valence-corrected chi connectivity index (χ1v) is 15.1. The van der Waals surface area contributed by atoms with Crippen molar-refractivity contribution >= 4 is 44.2 Å². The molecule has 2 aromatic rings. The lowest BCUT2D eigenvalue weighted by Gasteiger charge is -2.27. The van der Waals surface area contributed by atoms with Crippen LogP contribution < -0.4 is 14.8 Å². The van der Waals surface area contributed by atoms with Gasteiger partial charge in [0, 0.05) is 43.4 Å². The Morgan fingerprint density at radius 2 is 1.85 bits per heavy atom. The molecule has 212 valence electrons. The lowest BCUT2D eigenvalue weighted by atomic mass is 9.84. The summed E-state index contributed by atoms with van der Waals surface area (Å²) in [4.78, 5) is 44.4. The van der Waals surface area contributed by atoms with Gasteiger partial charge in [-0.25, -0.2) is 27.9 Å². The molecule has 0 unspecified atom stereocenters. The Morgan fingerprint density at radius 3 is 2.49 bits per heavy atom. The number of carboxylic acid groups (broad SMARTS) is 1. The summed E-state index contributed by atoms with van der Waals surface area (Å²) in [5, 5.41) is 12.2. The standard InChI is InChI=1S/C25H32N4O8S2/c1-14-22(38-25(27-14)28-20(30)11-15-7-9-37-10-8-15)17-12-19(23(36-2)26-13-17)39(34,35)29-18-5-3-16(4-6-18)21(31)24(32)33/h12-13,15-16,18,29H,3-11H2,1-2H3,(H,32,33)(H,27,28,30)/t16-,18-. The minimum Gasteiger partial charge on any atom is -0.480 e. The highest BCUT2D eigenvalue weighted by molar-refractivity contribution is 7.89. The molecule has 1 aliphatic carbocycles. The van der Waals surface area contributed by atoms with Gasteiger partial charge in [-0.1, -0.05) is 11.3 Å². The number of nitrogens with zero attached hydrogens (tertiary/aromatic N) is 2. The summed E-state index contributed by atoms with van der Waals surface area (Å²) >= 11 is 1.23. The predicted molar refractivity (Wildman–Crippen MR) is 142 cm³/mol. The number of methoxy groups -OCH3 is 1. The molecule has 1 amide bonds. The highest BCUT2D eigenvalue weighted by Crippen LogP contribution is 2.36. The quantitative estimate of drug-likeness (QED) is 0.355. The van der Waals surface area contributed by atoms with Crippen LogP contribution in [0.15, 0.2) is 17.2 Å². The molecule has 0 radical (unpaired) electrons. The molecule has 39 heavy (non-hydrogen) atoms. The Labute approximate surface area is 230 Å². The third-order valence-electron chi connectivity index (χ3n) is 7.05. The summed E-state index contributed by atoms with van der Waals surface area (Å²) in [6, 6.07) is 1.01. The molecule has 1 saturated heterocycles. The van der Waals surface area contributed by atoms with Crippen molar-refractivity contribution < 1.29 is 37.4 Å². The first-order valence-electron chi connectivity index (χ1n) is 12.8. The van der Waals surface area contributed by atoms with Crippen LogP contribution in [-0.2, 0) is 29.1 Å². The Kier molecular flexibility index (Phi) is 9.31. The number of anilines is 1. The van der Waals surface area contributed by atoms with Crippen molar-refractivity contribution in [3.8, 4) is 16.3 Å². The van der Waals surface area contributed by atoms with Gasteiger partial charge in [-0.2, -0.15) is 0 Å². The molecule has 14 heteroatoms. The maximum Gasteiger partial charge on any atom is 0.372 e. The van der Waals surface area contributed by atoms with Crippen LogP contribution in [0.4, 0.5) is 5.13 Å². The van der Waals surface area contributed by atoms with E-state index in [2.05, 4.69) is 20.0 Å². The Balaban J connectivity index is 1.47. The van der Waals surface area contributed by atoms with E-state index in [1.165, 1.54) is 30.7 Å². The number of aryl methyl sites for hydroxylation is 1. The topological polar surface area (TPSA) is 174 Å². The first-order chi connectivity index (χ1) is 18.6. The van der Waals surface area contributed by atoms with Crippen molar-refractivity contribution in [3.05, 3.63) is 18.0 Å². The van der Waals surface area contributed by atoms with Crippen LogP contribution in [0, 0.1) is 18.8 Å². The molecule has 4 rings (SSSR count). The zero-order valence-corrected chi connectivity index (χ0v) is 23.4. The molecular weight excluding hydrogens is 548 g/mol. The van der Waals surface area contributed by atoms with Crippen LogP contribution in [-0.4, -0.2) is 67.5 Å². The van der Waals surface area contributed by atoms with E-state index in [0.717, 1.165) is 12.8 Å². The fraction of sp³-hybridized carbons (Fsp3) is 0.560. The van der Waals surface area contributed by atoms with Crippen molar-refractivity contribution in [1.29, 1.82) is 0 Å². The minimum absolute atomic E-state index is 0.0758. The fourth-order valence-electron chi connectivity index (χ4n) is 4.93. The van der Waals surface area contributed by atoms with Gasteiger partial charge in [0.25, 0.3) is 0 Å². The molecule has 12 nitrogen and oxygen atoms in total. The smallest absolute Gasteiger partial charge is 0.372 e. The average molecular weight is 581 g/mol. The number of aromatic nitrogens is 2. The number of carbonyl (C=O) groups is 3. The summed E-state index contributed by atoms with van der Waals surface area (Å²) in [6.07, 6.45) is 4.83. The van der Waals surface area contributed by atoms with Crippen LogP contribution in [0.1, 0.15) is 50.6 Å². The second-order valence-electron chi connectivity index (χ2n) is 9.81. The third kappa shape index (κ3) is 7.18. The highest BCUT2D eigenvalue weighted by atomic mass is 32.2. The summed E-state index contributed by atoms with van der Waals surface area (Å²) < 4.78 is 39.9. The van der Waals surface area contributed by atoms with E-state index in [1.807, 2.05) is 0 Å². The molecule has 2 aliphatic rings. The number of aliphatic carboxylic acids is 1. The normalized spacial score (nSPS) is 20.4. The van der Waals surface area contributed by atoms with Crippen LogP contribution in [0.3, 0.4) is 0 Å². The van der Waals surface area contributed by atoms with E-state index < -0.39 is 33.7 Å². The monoisotopic (exact) mass is 580 g/mol. The molecular formula is C25H32N4O8S2. The van der Waals surface area contributed by atoms with Crippen molar-refractivity contribution in [2.45, 2.75) is 62.8 Å². The fourth-order valence-corrected chi connectivity index (χ4v) is 7.35. The number of amides is 1. The number of thiazole rings is 1. The molecule has 0 aromatic carbocycles. The Hall–Kier alpha value is -2.94. The number of ketones is 1. The van der Waals surface area contributed by atoms with Crippen LogP contribution in [0.2, 0.25) is 0 Å². The lowest BCUT2D eigenvalue weighted by molar-refractivity contribution is -0.151. The van der Waals surface area contributed by atoms with E-state index in [-0.39, 0.29) is 35.4 Å². The molecule has 2 aromatic heterocycles. The van der Waals surface area contributed by atoms with Crippen molar-refractivity contribution in [2.24, 2.45) is 11.8 Å². The minimum atomic E-state index is -4.06. The molecule has 1 saturated carbocycles. The van der Waals surface area contributed by atoms with E-state index >= 15 is 0 Å². The summed E-state index contributed by atoms with van der Waals surface area (Å²) in [6.45, 7) is 3.09. The third-order valence-corrected chi connectivity index (χ3v) is 9.69. The summed E-state index contributed by atoms with van der Waals surface area (Å²) in [7, 11) is -2.74. The van der Waals surface area contributed by atoms with Gasteiger partial charge in [0.15, 0.2) is 5.13 Å². The Bertz CT molecular complexity index is 1330. The molecule has 2 fully saturated rings. The Morgan fingerprint density at radius 1 is 1.15 bits per heavy atom. The predicted octanol–water partition coefficient (Wildman–Crippen LogP) is 2.77. The zero-order valence-electron chi connectivity index (χ0n) is 21.8. The van der Waals surface area contributed by atoms with Gasteiger partial charge < -0.3 is 19.9 Å². The van der Waals surface area contributed by atoms with Crippen molar-refractivity contribution in [2.75, 3.05) is 25.6 Å². The molecule has 0 bridgehead atoms. The van der Waals surface area contributed by atoms with Gasteiger partial charge in [0.2, 0.25) is 27.6 Å². The van der Waals surface area contributed by atoms with Gasteiger partial charge >= 0.3 is 5.97 Å². The second kappa shape index (κ2) is 12.5. The SMILES string of the molecule is COc1ncc(-c2sc(NC(=O)CC3CCOCC3)nc2C)cc1S(=O)(=O)N[C@H]1CC[C@H](C(=O)C(=O)O)CC1. The maximum atomic E-state index is 13.3. The first kappa shape index (κ1) is 29.1. The maximum absolute atomic E-state index is 13.3. The van der Waals surface area contributed by atoms with Crippen molar-refractivity contribution in [1.82, 2.24) is 14.7 Å². The van der Waals surface area contributed by atoms with Crippen LogP contribution >= 0.6 is 11.3 Å². The zero-order chi connectivity index (χ0) is 28.2. The van der Waals surface area contributed by atoms with E-state index in [4.69, 9.17) is 14.6 Å². The molecule has 0 spiro atoms. The average Bonchev–Trinajstić information content (AvgIpc) is 3.28. The number of Topliss-reactive ketones (excluding diaryl/α,β-unsaturated/α-hetero) is 1. The van der Waals surface area contributed by atoms with E-state index in [1.54, 1.807) is 6.92 Å². The van der Waals surface area contributed by atoms with Crippen LogP contribution in [0.5, 0.6) is 5.88 Å². The number of rotatable bonds is 10. The van der Waals surface area contributed by atoms with Crippen LogP contribution in [0.25, 0.3) is 10.4 Å². The van der Waals surface area contributed by atoms with Gasteiger partial charge in [-0.15, -0.1) is 0 Å². The number of carboxylic acids is 1. The van der Waals surface area contributed by atoms with Gasteiger partial charge in [0.05, 0.1) is 17.7 Å². The lowest BCUT2D eigenvalue weighted by Crippen LogP contribution is -2.39. The van der Waals surface area contributed by atoms with Crippen molar-refractivity contribution in [3.63, 3.8) is 0 Å².